The van der Waals surface area contributed by atoms with Crippen LogP contribution in [0.15, 0.2) is 27.2 Å². The highest BCUT2D eigenvalue weighted by atomic mass is 79.9. The maximum Gasteiger partial charge on any atom is 0.240 e. The highest BCUT2D eigenvalue weighted by Crippen LogP contribution is 2.23. The van der Waals surface area contributed by atoms with Crippen LogP contribution in [-0.4, -0.2) is 16.7 Å². The first-order chi connectivity index (χ1) is 8.70. The first-order valence-electron chi connectivity index (χ1n) is 6.00. The van der Waals surface area contributed by atoms with E-state index in [1.165, 1.54) is 5.56 Å². The first kappa shape index (κ1) is 13.2. The third-order valence-corrected chi connectivity index (χ3v) is 3.46. The van der Waals surface area contributed by atoms with Crippen molar-refractivity contribution in [2.45, 2.75) is 26.8 Å². The van der Waals surface area contributed by atoms with Crippen LogP contribution in [0.4, 0.5) is 0 Å². The zero-order chi connectivity index (χ0) is 13.0. The van der Waals surface area contributed by atoms with Crippen molar-refractivity contribution in [1.82, 2.24) is 15.5 Å². The van der Waals surface area contributed by atoms with Gasteiger partial charge in [-0.1, -0.05) is 40.1 Å². The molecule has 18 heavy (non-hydrogen) atoms. The second-order valence-corrected chi connectivity index (χ2v) is 5.01. The number of rotatable bonds is 5. The zero-order valence-electron chi connectivity index (χ0n) is 10.5. The Labute approximate surface area is 115 Å². The summed E-state index contributed by atoms with van der Waals surface area (Å²) >= 11 is 3.50. The van der Waals surface area contributed by atoms with Crippen LogP contribution in [0.5, 0.6) is 0 Å². The van der Waals surface area contributed by atoms with Gasteiger partial charge in [-0.15, -0.1) is 0 Å². The van der Waals surface area contributed by atoms with Crippen LogP contribution in [-0.2, 0) is 6.54 Å². The van der Waals surface area contributed by atoms with Gasteiger partial charge in [0.1, 0.15) is 0 Å². The van der Waals surface area contributed by atoms with Gasteiger partial charge >= 0.3 is 0 Å². The van der Waals surface area contributed by atoms with Gasteiger partial charge < -0.3 is 9.84 Å². The van der Waals surface area contributed by atoms with Crippen LogP contribution in [0, 0.1) is 6.92 Å². The Hall–Kier alpha value is -1.20. The lowest BCUT2D eigenvalue weighted by atomic mass is 10.1. The van der Waals surface area contributed by atoms with Crippen LogP contribution < -0.4 is 5.32 Å². The highest BCUT2D eigenvalue weighted by molar-refractivity contribution is 9.10. The van der Waals surface area contributed by atoms with E-state index in [1.807, 2.05) is 25.1 Å². The molecular formula is C13H16BrN3O. The first-order valence-corrected chi connectivity index (χ1v) is 6.80. The summed E-state index contributed by atoms with van der Waals surface area (Å²) in [6.45, 7) is 5.74. The second kappa shape index (κ2) is 6.11. The van der Waals surface area contributed by atoms with Crippen LogP contribution >= 0.6 is 15.9 Å². The number of halogens is 1. The molecule has 0 saturated carbocycles. The molecule has 4 nitrogen and oxygen atoms in total. The third-order valence-electron chi connectivity index (χ3n) is 2.60. The molecule has 1 aromatic heterocycles. The molecule has 0 aliphatic heterocycles. The van der Waals surface area contributed by atoms with Gasteiger partial charge in [0, 0.05) is 10.0 Å². The molecule has 5 heteroatoms. The van der Waals surface area contributed by atoms with E-state index in [0.29, 0.717) is 18.3 Å². The SMILES string of the molecule is CCCNCc1nc(-c2ccc(C)c(Br)c2)no1. The Morgan fingerprint density at radius 2 is 2.22 bits per heavy atom. The van der Waals surface area contributed by atoms with E-state index < -0.39 is 0 Å². The fourth-order valence-electron chi connectivity index (χ4n) is 1.55. The predicted octanol–water partition coefficient (Wildman–Crippen LogP) is 3.31. The molecule has 0 saturated heterocycles. The Bertz CT molecular complexity index is 525. The van der Waals surface area contributed by atoms with Crippen LogP contribution in [0.25, 0.3) is 11.4 Å². The summed E-state index contributed by atoms with van der Waals surface area (Å²) in [4.78, 5) is 4.36. The van der Waals surface area contributed by atoms with Gasteiger partial charge in [-0.2, -0.15) is 4.98 Å². The van der Waals surface area contributed by atoms with Crippen molar-refractivity contribution < 1.29 is 4.52 Å². The fourth-order valence-corrected chi connectivity index (χ4v) is 1.93. The van der Waals surface area contributed by atoms with E-state index in [1.54, 1.807) is 0 Å². The molecule has 96 valence electrons. The summed E-state index contributed by atoms with van der Waals surface area (Å²) in [6.07, 6.45) is 1.09. The Morgan fingerprint density at radius 3 is 2.94 bits per heavy atom. The Morgan fingerprint density at radius 1 is 1.39 bits per heavy atom. The summed E-state index contributed by atoms with van der Waals surface area (Å²) in [7, 11) is 0. The molecule has 0 fully saturated rings. The molecule has 0 aliphatic rings. The summed E-state index contributed by atoms with van der Waals surface area (Å²) in [5.74, 6) is 1.25. The summed E-state index contributed by atoms with van der Waals surface area (Å²) < 4.78 is 6.25. The number of hydrogen-bond donors (Lipinski definition) is 1. The highest BCUT2D eigenvalue weighted by Gasteiger charge is 2.09. The molecule has 0 aliphatic carbocycles. The van der Waals surface area contributed by atoms with Gasteiger partial charge in [-0.25, -0.2) is 0 Å². The van der Waals surface area contributed by atoms with Crippen molar-refractivity contribution in [3.05, 3.63) is 34.1 Å². The van der Waals surface area contributed by atoms with Crippen molar-refractivity contribution in [3.8, 4) is 11.4 Å². The normalized spacial score (nSPS) is 10.8. The van der Waals surface area contributed by atoms with Gasteiger partial charge in [0.05, 0.1) is 6.54 Å². The average Bonchev–Trinajstić information content (AvgIpc) is 2.82. The molecule has 0 radical (unpaired) electrons. The Kier molecular flexibility index (Phi) is 4.49. The second-order valence-electron chi connectivity index (χ2n) is 4.15. The topological polar surface area (TPSA) is 51.0 Å². The van der Waals surface area contributed by atoms with Crippen LogP contribution in [0.1, 0.15) is 24.8 Å². The van der Waals surface area contributed by atoms with Gasteiger partial charge in [-0.3, -0.25) is 0 Å². The summed E-state index contributed by atoms with van der Waals surface area (Å²) in [5.41, 5.74) is 2.14. The van der Waals surface area contributed by atoms with Crippen LogP contribution in [0.2, 0.25) is 0 Å². The monoisotopic (exact) mass is 309 g/mol. The molecule has 0 unspecified atom stereocenters. The molecular weight excluding hydrogens is 294 g/mol. The van der Waals surface area contributed by atoms with E-state index in [-0.39, 0.29) is 0 Å². The summed E-state index contributed by atoms with van der Waals surface area (Å²) in [5, 5.41) is 7.22. The van der Waals surface area contributed by atoms with E-state index >= 15 is 0 Å². The molecule has 0 bridgehead atoms. The molecule has 0 amide bonds. The number of benzene rings is 1. The quantitative estimate of drug-likeness (QED) is 0.861. The zero-order valence-corrected chi connectivity index (χ0v) is 12.1. The number of aromatic nitrogens is 2. The Balaban J connectivity index is 2.11. The van der Waals surface area contributed by atoms with E-state index in [0.717, 1.165) is 23.0 Å². The lowest BCUT2D eigenvalue weighted by molar-refractivity contribution is 0.368. The average molecular weight is 310 g/mol. The van der Waals surface area contributed by atoms with Crippen LogP contribution in [0.3, 0.4) is 0 Å². The minimum Gasteiger partial charge on any atom is -0.338 e. The molecule has 1 heterocycles. The lowest BCUT2D eigenvalue weighted by Gasteiger charge is -1.99. The standard InChI is InChI=1S/C13H16BrN3O/c1-3-6-15-8-12-16-13(17-18-12)10-5-4-9(2)11(14)7-10/h4-5,7,15H,3,6,8H2,1-2H3. The smallest absolute Gasteiger partial charge is 0.240 e. The molecule has 1 aromatic carbocycles. The molecule has 2 rings (SSSR count). The fraction of sp³-hybridized carbons (Fsp3) is 0.385. The van der Waals surface area contributed by atoms with Gasteiger partial charge in [0.15, 0.2) is 0 Å². The van der Waals surface area contributed by atoms with Crippen molar-refractivity contribution in [2.75, 3.05) is 6.54 Å². The molecule has 2 aromatic rings. The van der Waals surface area contributed by atoms with E-state index in [4.69, 9.17) is 4.52 Å². The summed E-state index contributed by atoms with van der Waals surface area (Å²) in [6, 6.07) is 6.03. The lowest BCUT2D eigenvalue weighted by Crippen LogP contribution is -2.13. The minimum atomic E-state index is 0.619. The largest absolute Gasteiger partial charge is 0.338 e. The predicted molar refractivity (Wildman–Crippen MR) is 74.2 cm³/mol. The van der Waals surface area contributed by atoms with Gasteiger partial charge in [-0.05, 0) is 31.5 Å². The molecule has 0 atom stereocenters. The van der Waals surface area contributed by atoms with E-state index in [9.17, 15) is 0 Å². The third kappa shape index (κ3) is 3.17. The maximum absolute atomic E-state index is 5.20. The van der Waals surface area contributed by atoms with Crippen molar-refractivity contribution in [3.63, 3.8) is 0 Å². The molecule has 1 N–H and O–H groups in total. The van der Waals surface area contributed by atoms with Crippen molar-refractivity contribution in [1.29, 1.82) is 0 Å². The van der Waals surface area contributed by atoms with Crippen molar-refractivity contribution >= 4 is 15.9 Å². The maximum atomic E-state index is 5.20. The molecule has 0 spiro atoms. The van der Waals surface area contributed by atoms with Crippen molar-refractivity contribution in [2.24, 2.45) is 0 Å². The number of nitrogens with zero attached hydrogens (tertiary/aromatic N) is 2. The number of hydrogen-bond acceptors (Lipinski definition) is 4. The van der Waals surface area contributed by atoms with Gasteiger partial charge in [0.2, 0.25) is 11.7 Å². The number of aryl methyl sites for hydroxylation is 1. The van der Waals surface area contributed by atoms with Gasteiger partial charge in [0.25, 0.3) is 0 Å². The minimum absolute atomic E-state index is 0.619. The van der Waals surface area contributed by atoms with E-state index in [2.05, 4.69) is 38.3 Å². The number of nitrogens with one attached hydrogen (secondary N) is 1.